The molecule has 2 nitrogen and oxygen atoms in total. The first-order valence-electron chi connectivity index (χ1n) is 6.79. The third-order valence-electron chi connectivity index (χ3n) is 4.56. The van der Waals surface area contributed by atoms with E-state index in [1.54, 1.807) is 6.07 Å². The van der Waals surface area contributed by atoms with Crippen LogP contribution in [0.1, 0.15) is 43.7 Å². The summed E-state index contributed by atoms with van der Waals surface area (Å²) in [5, 5.41) is 7.67. The molecule has 1 aliphatic carbocycles. The van der Waals surface area contributed by atoms with Crippen molar-refractivity contribution in [2.45, 2.75) is 44.2 Å². The van der Waals surface area contributed by atoms with E-state index in [9.17, 15) is 13.2 Å². The van der Waals surface area contributed by atoms with Crippen molar-refractivity contribution in [2.75, 3.05) is 0 Å². The molecule has 5 heteroatoms. The molecule has 0 radical (unpaired) electrons. The SMILES string of the molecule is CC(C(=N)N)C1(c2cccc(C(F)(F)F)c2)CCCC1. The number of halogens is 3. The fourth-order valence-corrected chi connectivity index (χ4v) is 3.28. The molecule has 1 aromatic carbocycles. The second kappa shape index (κ2) is 5.11. The molecule has 1 aromatic rings. The highest BCUT2D eigenvalue weighted by Gasteiger charge is 2.43. The second-order valence-corrected chi connectivity index (χ2v) is 5.62. The highest BCUT2D eigenvalue weighted by atomic mass is 19.4. The van der Waals surface area contributed by atoms with Crippen LogP contribution in [0.4, 0.5) is 13.2 Å². The molecule has 2 rings (SSSR count). The second-order valence-electron chi connectivity index (χ2n) is 5.62. The lowest BCUT2D eigenvalue weighted by molar-refractivity contribution is -0.137. The molecule has 110 valence electrons. The predicted molar refractivity (Wildman–Crippen MR) is 72.7 cm³/mol. The number of hydrogen-bond donors (Lipinski definition) is 2. The smallest absolute Gasteiger partial charge is 0.387 e. The number of hydrogen-bond acceptors (Lipinski definition) is 1. The molecule has 20 heavy (non-hydrogen) atoms. The van der Waals surface area contributed by atoms with Crippen molar-refractivity contribution in [2.24, 2.45) is 11.7 Å². The Morgan fingerprint density at radius 2 is 1.90 bits per heavy atom. The predicted octanol–water partition coefficient (Wildman–Crippen LogP) is 4.09. The van der Waals surface area contributed by atoms with Crippen molar-refractivity contribution in [3.63, 3.8) is 0 Å². The lowest BCUT2D eigenvalue weighted by Crippen LogP contribution is -2.39. The van der Waals surface area contributed by atoms with E-state index in [0.717, 1.165) is 31.7 Å². The lowest BCUT2D eigenvalue weighted by Gasteiger charge is -2.36. The van der Waals surface area contributed by atoms with Crippen LogP contribution in [-0.2, 0) is 11.6 Å². The minimum Gasteiger partial charge on any atom is -0.387 e. The Hall–Kier alpha value is -1.52. The molecule has 0 saturated heterocycles. The summed E-state index contributed by atoms with van der Waals surface area (Å²) in [6.07, 6.45) is -0.832. The van der Waals surface area contributed by atoms with E-state index in [1.807, 2.05) is 6.92 Å². The monoisotopic (exact) mass is 284 g/mol. The van der Waals surface area contributed by atoms with Gasteiger partial charge in [-0.25, -0.2) is 0 Å². The van der Waals surface area contributed by atoms with Crippen LogP contribution in [0.15, 0.2) is 24.3 Å². The van der Waals surface area contributed by atoms with Crippen molar-refractivity contribution in [1.29, 1.82) is 5.41 Å². The van der Waals surface area contributed by atoms with Crippen molar-refractivity contribution in [3.05, 3.63) is 35.4 Å². The molecule has 1 unspecified atom stereocenters. The molecule has 3 N–H and O–H groups in total. The van der Waals surface area contributed by atoms with Crippen LogP contribution >= 0.6 is 0 Å². The zero-order valence-corrected chi connectivity index (χ0v) is 11.4. The molecule has 1 saturated carbocycles. The van der Waals surface area contributed by atoms with Gasteiger partial charge in [-0.2, -0.15) is 13.2 Å². The van der Waals surface area contributed by atoms with Gasteiger partial charge in [0.15, 0.2) is 0 Å². The van der Waals surface area contributed by atoms with E-state index >= 15 is 0 Å². The summed E-state index contributed by atoms with van der Waals surface area (Å²) in [5.41, 5.74) is 5.23. The van der Waals surface area contributed by atoms with Gasteiger partial charge in [-0.05, 0) is 24.5 Å². The van der Waals surface area contributed by atoms with Gasteiger partial charge in [-0.1, -0.05) is 38.0 Å². The van der Waals surface area contributed by atoms with E-state index in [1.165, 1.54) is 12.1 Å². The summed E-state index contributed by atoms with van der Waals surface area (Å²) in [4.78, 5) is 0. The van der Waals surface area contributed by atoms with Gasteiger partial charge in [0.2, 0.25) is 0 Å². The van der Waals surface area contributed by atoms with Crippen molar-refractivity contribution >= 4 is 5.84 Å². The van der Waals surface area contributed by atoms with Gasteiger partial charge in [0.05, 0.1) is 11.4 Å². The standard InChI is InChI=1S/C15H19F3N2/c1-10(13(19)20)14(7-2-3-8-14)11-5-4-6-12(9-11)15(16,17)18/h4-6,9-10H,2-3,7-8H2,1H3,(H3,19,20). The Kier molecular flexibility index (Phi) is 3.80. The van der Waals surface area contributed by atoms with E-state index in [4.69, 9.17) is 11.1 Å². The van der Waals surface area contributed by atoms with Crippen LogP contribution in [0.2, 0.25) is 0 Å². The number of amidine groups is 1. The Balaban J connectivity index is 2.48. The van der Waals surface area contributed by atoms with Crippen molar-refractivity contribution in [1.82, 2.24) is 0 Å². The minimum atomic E-state index is -4.34. The minimum absolute atomic E-state index is 0.0457. The maximum atomic E-state index is 12.9. The highest BCUT2D eigenvalue weighted by Crippen LogP contribution is 2.47. The summed E-state index contributed by atoms with van der Waals surface area (Å²) < 4.78 is 38.6. The average molecular weight is 284 g/mol. The van der Waals surface area contributed by atoms with Crippen molar-refractivity contribution in [3.8, 4) is 0 Å². The Morgan fingerprint density at radius 1 is 1.30 bits per heavy atom. The molecule has 1 atom stereocenters. The summed E-state index contributed by atoms with van der Waals surface area (Å²) in [7, 11) is 0. The molecule has 0 aliphatic heterocycles. The Morgan fingerprint density at radius 3 is 2.40 bits per heavy atom. The maximum Gasteiger partial charge on any atom is 0.416 e. The third kappa shape index (κ3) is 2.53. The summed E-state index contributed by atoms with van der Waals surface area (Å²) in [6.45, 7) is 1.84. The van der Waals surface area contributed by atoms with Crippen LogP contribution in [-0.4, -0.2) is 5.84 Å². The summed E-state index contributed by atoms with van der Waals surface area (Å²) in [6, 6.07) is 5.50. The Bertz CT molecular complexity index is 502. The zero-order chi connectivity index (χ0) is 15.0. The van der Waals surface area contributed by atoms with Crippen LogP contribution in [0.3, 0.4) is 0 Å². The molecule has 0 spiro atoms. The molecule has 1 aliphatic rings. The van der Waals surface area contributed by atoms with Crippen LogP contribution in [0, 0.1) is 11.3 Å². The van der Waals surface area contributed by atoms with Gasteiger partial charge in [-0.15, -0.1) is 0 Å². The lowest BCUT2D eigenvalue weighted by atomic mass is 9.69. The molecule has 1 fully saturated rings. The number of alkyl halides is 3. The molecule has 0 amide bonds. The third-order valence-corrected chi connectivity index (χ3v) is 4.56. The van der Waals surface area contributed by atoms with Gasteiger partial charge in [0, 0.05) is 11.3 Å². The molecule has 0 bridgehead atoms. The van der Waals surface area contributed by atoms with Gasteiger partial charge in [-0.3, -0.25) is 5.41 Å². The number of benzene rings is 1. The van der Waals surface area contributed by atoms with Crippen LogP contribution < -0.4 is 5.73 Å². The number of nitrogens with two attached hydrogens (primary N) is 1. The first-order valence-corrected chi connectivity index (χ1v) is 6.79. The zero-order valence-electron chi connectivity index (χ0n) is 11.4. The fourth-order valence-electron chi connectivity index (χ4n) is 3.28. The quantitative estimate of drug-likeness (QED) is 0.637. The molecular weight excluding hydrogens is 265 g/mol. The fraction of sp³-hybridized carbons (Fsp3) is 0.533. The number of rotatable bonds is 3. The topological polar surface area (TPSA) is 49.9 Å². The summed E-state index contributed by atoms with van der Waals surface area (Å²) >= 11 is 0. The molecule has 0 heterocycles. The average Bonchev–Trinajstić information content (AvgIpc) is 2.87. The largest absolute Gasteiger partial charge is 0.416 e. The van der Waals surface area contributed by atoms with Crippen LogP contribution in [0.25, 0.3) is 0 Å². The van der Waals surface area contributed by atoms with Gasteiger partial charge in [0.1, 0.15) is 0 Å². The van der Waals surface area contributed by atoms with Gasteiger partial charge < -0.3 is 5.73 Å². The first kappa shape index (κ1) is 14.9. The normalized spacial score (nSPS) is 19.8. The maximum absolute atomic E-state index is 12.9. The molecule has 0 aromatic heterocycles. The van der Waals surface area contributed by atoms with E-state index in [0.29, 0.717) is 5.56 Å². The van der Waals surface area contributed by atoms with Gasteiger partial charge in [0.25, 0.3) is 0 Å². The number of nitrogens with one attached hydrogen (secondary N) is 1. The van der Waals surface area contributed by atoms with Crippen molar-refractivity contribution < 1.29 is 13.2 Å². The van der Waals surface area contributed by atoms with E-state index in [-0.39, 0.29) is 11.8 Å². The first-order chi connectivity index (χ1) is 9.27. The van der Waals surface area contributed by atoms with Crippen LogP contribution in [0.5, 0.6) is 0 Å². The van der Waals surface area contributed by atoms with E-state index in [2.05, 4.69) is 0 Å². The Labute approximate surface area is 116 Å². The summed E-state index contributed by atoms with van der Waals surface area (Å²) in [5.74, 6) is -0.196. The highest BCUT2D eigenvalue weighted by molar-refractivity contribution is 5.81. The molecular formula is C15H19F3N2. The van der Waals surface area contributed by atoms with E-state index < -0.39 is 17.2 Å². The van der Waals surface area contributed by atoms with Gasteiger partial charge >= 0.3 is 6.18 Å².